The molecule has 25 heavy (non-hydrogen) atoms. The van der Waals surface area contributed by atoms with Gasteiger partial charge in [-0.1, -0.05) is 18.2 Å². The summed E-state index contributed by atoms with van der Waals surface area (Å²) < 4.78 is 38.3. The Morgan fingerprint density at radius 1 is 1.24 bits per heavy atom. The van der Waals surface area contributed by atoms with Crippen molar-refractivity contribution < 1.29 is 12.8 Å². The predicted octanol–water partition coefficient (Wildman–Crippen LogP) is 1.59. The third kappa shape index (κ3) is 7.83. The highest BCUT2D eigenvalue weighted by Crippen LogP contribution is 2.06. The van der Waals surface area contributed by atoms with Crippen LogP contribution in [0.4, 0.5) is 4.39 Å². The summed E-state index contributed by atoms with van der Waals surface area (Å²) in [6.45, 7) is 5.84. The lowest BCUT2D eigenvalue weighted by Crippen LogP contribution is -2.38. The first-order valence-corrected chi connectivity index (χ1v) is 10.2. The number of nitrogens with one attached hydrogen (secondary N) is 2. The third-order valence-electron chi connectivity index (χ3n) is 3.73. The smallest absolute Gasteiger partial charge is 0.213 e. The van der Waals surface area contributed by atoms with E-state index in [-0.39, 0.29) is 11.6 Å². The summed E-state index contributed by atoms with van der Waals surface area (Å²) in [7, 11) is -1.56. The van der Waals surface area contributed by atoms with Crippen molar-refractivity contribution in [2.45, 2.75) is 26.7 Å². The first kappa shape index (κ1) is 21.4. The van der Waals surface area contributed by atoms with Gasteiger partial charge in [0.05, 0.1) is 5.75 Å². The SMILES string of the molecule is CCNC(=NCCCN(C)S(=O)(=O)CC)NCCc1ccccc1F. The Morgan fingerprint density at radius 2 is 1.96 bits per heavy atom. The molecular weight excluding hydrogens is 343 g/mol. The summed E-state index contributed by atoms with van der Waals surface area (Å²) in [5.74, 6) is 0.554. The lowest BCUT2D eigenvalue weighted by atomic mass is 10.1. The van der Waals surface area contributed by atoms with E-state index in [1.165, 1.54) is 10.4 Å². The van der Waals surface area contributed by atoms with E-state index in [1.807, 2.05) is 13.0 Å². The molecule has 0 radical (unpaired) electrons. The number of sulfonamides is 1. The molecule has 0 saturated heterocycles. The van der Waals surface area contributed by atoms with Crippen LogP contribution in [-0.4, -0.2) is 57.7 Å². The van der Waals surface area contributed by atoms with Gasteiger partial charge in [0, 0.05) is 33.2 Å². The largest absolute Gasteiger partial charge is 0.357 e. The van der Waals surface area contributed by atoms with Crippen LogP contribution in [0.25, 0.3) is 0 Å². The normalized spacial score (nSPS) is 12.4. The van der Waals surface area contributed by atoms with Gasteiger partial charge in [0.2, 0.25) is 10.0 Å². The van der Waals surface area contributed by atoms with Gasteiger partial charge in [-0.2, -0.15) is 0 Å². The molecule has 0 aliphatic carbocycles. The van der Waals surface area contributed by atoms with Crippen molar-refractivity contribution in [3.8, 4) is 0 Å². The van der Waals surface area contributed by atoms with Crippen LogP contribution in [0.2, 0.25) is 0 Å². The highest BCUT2D eigenvalue weighted by molar-refractivity contribution is 7.89. The topological polar surface area (TPSA) is 73.8 Å². The van der Waals surface area contributed by atoms with Gasteiger partial charge in [-0.05, 0) is 38.3 Å². The van der Waals surface area contributed by atoms with E-state index in [4.69, 9.17) is 0 Å². The Bertz CT molecular complexity index is 650. The summed E-state index contributed by atoms with van der Waals surface area (Å²) in [5, 5.41) is 6.29. The second-order valence-corrected chi connectivity index (χ2v) is 7.97. The van der Waals surface area contributed by atoms with Crippen LogP contribution in [0.5, 0.6) is 0 Å². The minimum Gasteiger partial charge on any atom is -0.357 e. The first-order chi connectivity index (χ1) is 11.9. The van der Waals surface area contributed by atoms with Crippen molar-refractivity contribution in [1.29, 1.82) is 0 Å². The molecule has 0 bridgehead atoms. The van der Waals surface area contributed by atoms with Crippen molar-refractivity contribution >= 4 is 16.0 Å². The van der Waals surface area contributed by atoms with Crippen molar-refractivity contribution in [3.05, 3.63) is 35.6 Å². The summed E-state index contributed by atoms with van der Waals surface area (Å²) in [4.78, 5) is 4.43. The van der Waals surface area contributed by atoms with Crippen LogP contribution in [0.1, 0.15) is 25.8 Å². The molecule has 1 rings (SSSR count). The Labute approximate surface area is 150 Å². The van der Waals surface area contributed by atoms with Gasteiger partial charge in [-0.3, -0.25) is 4.99 Å². The molecule has 8 heteroatoms. The molecule has 0 aliphatic heterocycles. The fraction of sp³-hybridized carbons (Fsp3) is 0.588. The number of aliphatic imine (C=N–C) groups is 1. The molecule has 0 aliphatic rings. The standard InChI is InChI=1S/C17H29FN4O2S/c1-4-19-17(20-12-8-14-22(3)25(23,24)5-2)21-13-11-15-9-6-7-10-16(15)18/h6-7,9-10H,4-5,8,11-14H2,1-3H3,(H2,19,20,21). The Hall–Kier alpha value is -1.67. The minimum atomic E-state index is -3.14. The van der Waals surface area contributed by atoms with Crippen LogP contribution in [0.3, 0.4) is 0 Å². The summed E-state index contributed by atoms with van der Waals surface area (Å²) in [5.41, 5.74) is 0.664. The molecule has 0 amide bonds. The van der Waals surface area contributed by atoms with E-state index in [9.17, 15) is 12.8 Å². The zero-order chi connectivity index (χ0) is 18.7. The molecule has 1 aromatic carbocycles. The minimum absolute atomic E-state index is 0.104. The number of guanidine groups is 1. The van der Waals surface area contributed by atoms with Gasteiger partial charge in [-0.15, -0.1) is 0 Å². The average Bonchev–Trinajstić information content (AvgIpc) is 2.59. The van der Waals surface area contributed by atoms with E-state index >= 15 is 0 Å². The van der Waals surface area contributed by atoms with E-state index in [1.54, 1.807) is 26.1 Å². The number of hydrogen-bond acceptors (Lipinski definition) is 3. The molecule has 0 spiro atoms. The quantitative estimate of drug-likeness (QED) is 0.372. The van der Waals surface area contributed by atoms with Crippen LogP contribution in [0.15, 0.2) is 29.3 Å². The summed E-state index contributed by atoms with van der Waals surface area (Å²) in [6.07, 6.45) is 1.20. The van der Waals surface area contributed by atoms with Crippen LogP contribution in [0, 0.1) is 5.82 Å². The lowest BCUT2D eigenvalue weighted by Gasteiger charge is -2.15. The predicted molar refractivity (Wildman–Crippen MR) is 101 cm³/mol. The van der Waals surface area contributed by atoms with Crippen molar-refractivity contribution in [2.24, 2.45) is 4.99 Å². The van der Waals surface area contributed by atoms with Gasteiger partial charge < -0.3 is 10.6 Å². The summed E-state index contributed by atoms with van der Waals surface area (Å²) >= 11 is 0. The monoisotopic (exact) mass is 372 g/mol. The van der Waals surface area contributed by atoms with Gasteiger partial charge in [0.1, 0.15) is 5.82 Å². The van der Waals surface area contributed by atoms with Crippen LogP contribution in [-0.2, 0) is 16.4 Å². The Morgan fingerprint density at radius 3 is 2.60 bits per heavy atom. The molecule has 0 fully saturated rings. The van der Waals surface area contributed by atoms with Gasteiger partial charge in [0.25, 0.3) is 0 Å². The maximum absolute atomic E-state index is 13.6. The van der Waals surface area contributed by atoms with E-state index in [0.29, 0.717) is 44.0 Å². The molecular formula is C17H29FN4O2S. The number of nitrogens with zero attached hydrogens (tertiary/aromatic N) is 2. The molecule has 0 unspecified atom stereocenters. The maximum atomic E-state index is 13.6. The molecule has 142 valence electrons. The third-order valence-corrected chi connectivity index (χ3v) is 5.59. The first-order valence-electron chi connectivity index (χ1n) is 8.60. The second kappa shape index (κ2) is 11.0. The highest BCUT2D eigenvalue weighted by atomic mass is 32.2. The molecule has 0 heterocycles. The van der Waals surface area contributed by atoms with Crippen molar-refractivity contribution in [1.82, 2.24) is 14.9 Å². The van der Waals surface area contributed by atoms with Gasteiger partial charge >= 0.3 is 0 Å². The van der Waals surface area contributed by atoms with Gasteiger partial charge in [-0.25, -0.2) is 17.1 Å². The Balaban J connectivity index is 2.42. The number of rotatable bonds is 10. The lowest BCUT2D eigenvalue weighted by molar-refractivity contribution is 0.464. The average molecular weight is 373 g/mol. The maximum Gasteiger partial charge on any atom is 0.213 e. The number of halogens is 1. The fourth-order valence-electron chi connectivity index (χ4n) is 2.20. The van der Waals surface area contributed by atoms with Crippen LogP contribution < -0.4 is 10.6 Å². The van der Waals surface area contributed by atoms with E-state index in [0.717, 1.165) is 6.54 Å². The zero-order valence-electron chi connectivity index (χ0n) is 15.3. The Kier molecular flexibility index (Phi) is 9.44. The van der Waals surface area contributed by atoms with Crippen LogP contribution >= 0.6 is 0 Å². The molecule has 1 aromatic rings. The van der Waals surface area contributed by atoms with Crippen molar-refractivity contribution in [3.63, 3.8) is 0 Å². The summed E-state index contributed by atoms with van der Waals surface area (Å²) in [6, 6.07) is 6.71. The number of hydrogen-bond donors (Lipinski definition) is 2. The molecule has 2 N–H and O–H groups in total. The second-order valence-electron chi connectivity index (χ2n) is 5.60. The molecule has 6 nitrogen and oxygen atoms in total. The van der Waals surface area contributed by atoms with E-state index < -0.39 is 10.0 Å². The van der Waals surface area contributed by atoms with Crippen molar-refractivity contribution in [2.75, 3.05) is 39.0 Å². The molecule has 0 aromatic heterocycles. The molecule has 0 saturated carbocycles. The molecule has 0 atom stereocenters. The zero-order valence-corrected chi connectivity index (χ0v) is 16.1. The number of benzene rings is 1. The fourth-order valence-corrected chi connectivity index (χ4v) is 3.05. The van der Waals surface area contributed by atoms with Gasteiger partial charge in [0.15, 0.2) is 5.96 Å². The highest BCUT2D eigenvalue weighted by Gasteiger charge is 2.13. The van der Waals surface area contributed by atoms with E-state index in [2.05, 4.69) is 15.6 Å².